The number of hydrogen-bond acceptors (Lipinski definition) is 2. The highest BCUT2D eigenvalue weighted by molar-refractivity contribution is 6.33. The number of hydrogen-bond donors (Lipinski definition) is 1. The van der Waals surface area contributed by atoms with E-state index in [2.05, 4.69) is 5.32 Å². The third-order valence-corrected chi connectivity index (χ3v) is 4.35. The van der Waals surface area contributed by atoms with Crippen molar-refractivity contribution in [3.05, 3.63) is 58.9 Å². The van der Waals surface area contributed by atoms with E-state index in [0.717, 1.165) is 29.8 Å². The minimum Gasteiger partial charge on any atom is -0.497 e. The zero-order valence-electron chi connectivity index (χ0n) is 11.8. The predicted molar refractivity (Wildman–Crippen MR) is 83.8 cm³/mol. The quantitative estimate of drug-likeness (QED) is 0.872. The van der Waals surface area contributed by atoms with Crippen LogP contribution in [0.3, 0.4) is 0 Å². The highest BCUT2D eigenvalue weighted by Gasteiger charge is 2.32. The van der Waals surface area contributed by atoms with Crippen LogP contribution in [0.15, 0.2) is 42.5 Å². The van der Waals surface area contributed by atoms with Crippen LogP contribution in [-0.4, -0.2) is 13.2 Å². The Morgan fingerprint density at radius 2 is 1.95 bits per heavy atom. The molecule has 1 fully saturated rings. The van der Waals surface area contributed by atoms with Crippen LogP contribution in [0.5, 0.6) is 5.75 Å². The first-order valence-electron chi connectivity index (χ1n) is 7.02. The van der Waals surface area contributed by atoms with E-state index in [1.165, 1.54) is 6.07 Å². The number of halogens is 2. The SMILES string of the molecule is COc1ccc(Cl)c(NC2CC(c3ccccc3F)C2)c1. The summed E-state index contributed by atoms with van der Waals surface area (Å²) in [5, 5.41) is 4.08. The number of nitrogens with one attached hydrogen (secondary N) is 1. The molecular formula is C17H17ClFNO. The lowest BCUT2D eigenvalue weighted by Crippen LogP contribution is -2.34. The molecule has 0 heterocycles. The van der Waals surface area contributed by atoms with E-state index in [9.17, 15) is 4.39 Å². The predicted octanol–water partition coefficient (Wildman–Crippen LogP) is 4.85. The van der Waals surface area contributed by atoms with E-state index >= 15 is 0 Å². The third-order valence-electron chi connectivity index (χ3n) is 4.02. The molecule has 1 aliphatic carbocycles. The van der Waals surface area contributed by atoms with Crippen molar-refractivity contribution in [2.24, 2.45) is 0 Å². The van der Waals surface area contributed by atoms with E-state index in [1.807, 2.05) is 30.3 Å². The number of ether oxygens (including phenoxy) is 1. The Kier molecular flexibility index (Phi) is 4.02. The smallest absolute Gasteiger partial charge is 0.126 e. The molecule has 2 nitrogen and oxygen atoms in total. The summed E-state index contributed by atoms with van der Waals surface area (Å²) < 4.78 is 18.9. The zero-order chi connectivity index (χ0) is 14.8. The van der Waals surface area contributed by atoms with E-state index in [1.54, 1.807) is 13.2 Å². The van der Waals surface area contributed by atoms with Gasteiger partial charge in [0.05, 0.1) is 17.8 Å². The van der Waals surface area contributed by atoms with Gasteiger partial charge in [-0.3, -0.25) is 0 Å². The van der Waals surface area contributed by atoms with Crippen molar-refractivity contribution in [3.8, 4) is 5.75 Å². The van der Waals surface area contributed by atoms with Gasteiger partial charge in [0.2, 0.25) is 0 Å². The van der Waals surface area contributed by atoms with Crippen LogP contribution in [0.4, 0.5) is 10.1 Å². The summed E-state index contributed by atoms with van der Waals surface area (Å²) in [6.07, 6.45) is 1.82. The lowest BCUT2D eigenvalue weighted by molar-refractivity contribution is 0.363. The zero-order valence-corrected chi connectivity index (χ0v) is 12.5. The van der Waals surface area contributed by atoms with Gasteiger partial charge < -0.3 is 10.1 Å². The minimum atomic E-state index is -0.111. The Balaban J connectivity index is 1.64. The molecule has 1 aliphatic rings. The van der Waals surface area contributed by atoms with Gasteiger partial charge >= 0.3 is 0 Å². The Bertz CT molecular complexity index is 640. The maximum Gasteiger partial charge on any atom is 0.126 e. The Morgan fingerprint density at radius 3 is 2.67 bits per heavy atom. The van der Waals surface area contributed by atoms with Gasteiger partial charge in [-0.1, -0.05) is 29.8 Å². The summed E-state index contributed by atoms with van der Waals surface area (Å²) in [7, 11) is 1.63. The van der Waals surface area contributed by atoms with Crippen molar-refractivity contribution in [2.45, 2.75) is 24.8 Å². The molecule has 0 spiro atoms. The van der Waals surface area contributed by atoms with E-state index in [-0.39, 0.29) is 11.7 Å². The Hall–Kier alpha value is -1.74. The topological polar surface area (TPSA) is 21.3 Å². The first kappa shape index (κ1) is 14.2. The van der Waals surface area contributed by atoms with Gasteiger partial charge in [0.25, 0.3) is 0 Å². The molecule has 0 radical (unpaired) electrons. The maximum atomic E-state index is 13.7. The fourth-order valence-electron chi connectivity index (χ4n) is 2.76. The van der Waals surface area contributed by atoms with Crippen LogP contribution in [0.25, 0.3) is 0 Å². The molecule has 0 saturated heterocycles. The second-order valence-corrected chi connectivity index (χ2v) is 5.78. The number of rotatable bonds is 4. The molecule has 1 N–H and O–H groups in total. The van der Waals surface area contributed by atoms with Crippen LogP contribution in [-0.2, 0) is 0 Å². The monoisotopic (exact) mass is 305 g/mol. The van der Waals surface area contributed by atoms with Crippen LogP contribution >= 0.6 is 11.6 Å². The van der Waals surface area contributed by atoms with Gasteiger partial charge in [0, 0.05) is 12.1 Å². The van der Waals surface area contributed by atoms with Crippen LogP contribution in [0.1, 0.15) is 24.3 Å². The molecule has 1 saturated carbocycles. The van der Waals surface area contributed by atoms with Crippen LogP contribution < -0.4 is 10.1 Å². The average Bonchev–Trinajstić information content (AvgIpc) is 2.45. The molecule has 4 heteroatoms. The first-order valence-corrected chi connectivity index (χ1v) is 7.39. The van der Waals surface area contributed by atoms with Gasteiger partial charge in [-0.25, -0.2) is 4.39 Å². The second kappa shape index (κ2) is 5.94. The number of benzene rings is 2. The maximum absolute atomic E-state index is 13.7. The molecule has 0 atom stereocenters. The summed E-state index contributed by atoms with van der Waals surface area (Å²) in [5.74, 6) is 0.945. The summed E-state index contributed by atoms with van der Waals surface area (Å²) in [6.45, 7) is 0. The molecule has 0 aliphatic heterocycles. The van der Waals surface area contributed by atoms with Crippen molar-refractivity contribution in [1.82, 2.24) is 0 Å². The number of methoxy groups -OCH3 is 1. The molecule has 3 rings (SSSR count). The Morgan fingerprint density at radius 1 is 1.19 bits per heavy atom. The van der Waals surface area contributed by atoms with Gasteiger partial charge in [0.15, 0.2) is 0 Å². The molecule has 0 bridgehead atoms. The molecule has 21 heavy (non-hydrogen) atoms. The summed E-state index contributed by atoms with van der Waals surface area (Å²) in [4.78, 5) is 0. The molecule has 110 valence electrons. The van der Waals surface area contributed by atoms with Gasteiger partial charge in [-0.05, 0) is 42.5 Å². The van der Waals surface area contributed by atoms with Gasteiger partial charge in [-0.15, -0.1) is 0 Å². The summed E-state index contributed by atoms with van der Waals surface area (Å²) in [5.41, 5.74) is 1.68. The van der Waals surface area contributed by atoms with E-state index in [4.69, 9.17) is 16.3 Å². The summed E-state index contributed by atoms with van der Waals surface area (Å²) in [6, 6.07) is 12.9. The second-order valence-electron chi connectivity index (χ2n) is 5.38. The minimum absolute atomic E-state index is 0.111. The van der Waals surface area contributed by atoms with Gasteiger partial charge in [-0.2, -0.15) is 0 Å². The van der Waals surface area contributed by atoms with Crippen LogP contribution in [0, 0.1) is 5.82 Å². The lowest BCUT2D eigenvalue weighted by Gasteiger charge is -2.37. The average molecular weight is 306 g/mol. The Labute approximate surface area is 128 Å². The van der Waals surface area contributed by atoms with Crippen molar-refractivity contribution >= 4 is 17.3 Å². The van der Waals surface area contributed by atoms with Crippen molar-refractivity contribution in [1.29, 1.82) is 0 Å². The lowest BCUT2D eigenvalue weighted by atomic mass is 9.75. The normalized spacial score (nSPS) is 20.7. The fourth-order valence-corrected chi connectivity index (χ4v) is 2.93. The van der Waals surface area contributed by atoms with Crippen molar-refractivity contribution < 1.29 is 9.13 Å². The van der Waals surface area contributed by atoms with Crippen molar-refractivity contribution in [2.75, 3.05) is 12.4 Å². The molecule has 2 aromatic carbocycles. The summed E-state index contributed by atoms with van der Waals surface area (Å²) >= 11 is 6.18. The highest BCUT2D eigenvalue weighted by atomic mass is 35.5. The molecule has 0 aromatic heterocycles. The first-order chi connectivity index (χ1) is 10.2. The largest absolute Gasteiger partial charge is 0.497 e. The van der Waals surface area contributed by atoms with Crippen LogP contribution in [0.2, 0.25) is 5.02 Å². The fraction of sp³-hybridized carbons (Fsp3) is 0.294. The molecular weight excluding hydrogens is 289 g/mol. The highest BCUT2D eigenvalue weighted by Crippen LogP contribution is 2.40. The molecule has 0 amide bonds. The van der Waals surface area contributed by atoms with Gasteiger partial charge in [0.1, 0.15) is 11.6 Å². The molecule has 0 unspecified atom stereocenters. The van der Waals surface area contributed by atoms with Crippen molar-refractivity contribution in [3.63, 3.8) is 0 Å². The standard InChI is InChI=1S/C17H17ClFNO/c1-21-13-6-7-15(18)17(10-13)20-12-8-11(9-12)14-4-2-3-5-16(14)19/h2-7,10-12,20H,8-9H2,1H3. The number of anilines is 1. The third kappa shape index (κ3) is 2.98. The van der Waals surface area contributed by atoms with E-state index in [0.29, 0.717) is 11.1 Å². The molecule has 2 aromatic rings. The van der Waals surface area contributed by atoms with E-state index < -0.39 is 0 Å².